The minimum absolute atomic E-state index is 0.107. The molecule has 0 fully saturated rings. The number of aliphatic carboxylic acids is 4. The highest BCUT2D eigenvalue weighted by Gasteiger charge is 2.22. The molecular formula is C21H31N3O9. The zero-order valence-corrected chi connectivity index (χ0v) is 18.2. The van der Waals surface area contributed by atoms with Crippen LogP contribution in [0.4, 0.5) is 0 Å². The van der Waals surface area contributed by atoms with Crippen molar-refractivity contribution in [3.8, 4) is 0 Å². The summed E-state index contributed by atoms with van der Waals surface area (Å²) in [6.45, 7) is -1.18. The van der Waals surface area contributed by atoms with Crippen molar-refractivity contribution in [3.63, 3.8) is 0 Å². The molecule has 0 spiro atoms. The molecular weight excluding hydrogens is 438 g/mol. The molecule has 12 nitrogen and oxygen atoms in total. The highest BCUT2D eigenvalue weighted by molar-refractivity contribution is 5.73. The number of nitrogens with zero attached hydrogens (tertiary/aromatic N) is 3. The van der Waals surface area contributed by atoms with Crippen LogP contribution in [0.3, 0.4) is 0 Å². The molecule has 1 aromatic rings. The van der Waals surface area contributed by atoms with E-state index in [1.54, 1.807) is 12.1 Å². The summed E-state index contributed by atoms with van der Waals surface area (Å²) in [6.07, 6.45) is 0.377. The lowest BCUT2D eigenvalue weighted by molar-refractivity contribution is -0.144. The SMILES string of the molecule is O=C(O)CN(CCCN(CCN(CC(=O)O)CC(=O)O)C(CO)c1ccccc1)CC(=O)O. The molecule has 0 aromatic heterocycles. The van der Waals surface area contributed by atoms with Gasteiger partial charge in [0.1, 0.15) is 0 Å². The minimum Gasteiger partial charge on any atom is -0.480 e. The summed E-state index contributed by atoms with van der Waals surface area (Å²) < 4.78 is 0. The summed E-state index contributed by atoms with van der Waals surface area (Å²) in [4.78, 5) is 48.6. The first kappa shape index (κ1) is 28.0. The Labute approximate surface area is 191 Å². The second-order valence-electron chi connectivity index (χ2n) is 7.49. The van der Waals surface area contributed by atoms with Gasteiger partial charge in [-0.3, -0.25) is 33.9 Å². The Hall–Kier alpha value is -3.06. The van der Waals surface area contributed by atoms with Gasteiger partial charge in [-0.25, -0.2) is 0 Å². The van der Waals surface area contributed by atoms with Crippen LogP contribution in [0.1, 0.15) is 18.0 Å². The molecule has 0 aliphatic heterocycles. The molecule has 0 amide bonds. The first-order valence-electron chi connectivity index (χ1n) is 10.3. The van der Waals surface area contributed by atoms with E-state index in [0.717, 1.165) is 5.56 Å². The van der Waals surface area contributed by atoms with Crippen LogP contribution in [0, 0.1) is 0 Å². The summed E-state index contributed by atoms with van der Waals surface area (Å²) >= 11 is 0. The van der Waals surface area contributed by atoms with E-state index >= 15 is 0 Å². The lowest BCUT2D eigenvalue weighted by atomic mass is 10.1. The number of benzene rings is 1. The molecule has 0 aliphatic rings. The van der Waals surface area contributed by atoms with E-state index in [1.807, 2.05) is 23.1 Å². The number of hydrogen-bond acceptors (Lipinski definition) is 8. The second kappa shape index (κ2) is 14.9. The molecule has 0 heterocycles. The highest BCUT2D eigenvalue weighted by atomic mass is 16.4. The fourth-order valence-electron chi connectivity index (χ4n) is 3.49. The summed E-state index contributed by atoms with van der Waals surface area (Å²) in [5, 5.41) is 46.1. The van der Waals surface area contributed by atoms with Crippen LogP contribution in [-0.2, 0) is 19.2 Å². The Bertz CT molecular complexity index is 744. The Balaban J connectivity index is 2.94. The van der Waals surface area contributed by atoms with E-state index in [1.165, 1.54) is 9.80 Å². The largest absolute Gasteiger partial charge is 0.480 e. The van der Waals surface area contributed by atoms with Crippen LogP contribution >= 0.6 is 0 Å². The van der Waals surface area contributed by atoms with Gasteiger partial charge >= 0.3 is 23.9 Å². The van der Waals surface area contributed by atoms with Gasteiger partial charge in [0.15, 0.2) is 0 Å². The topological polar surface area (TPSA) is 179 Å². The molecule has 12 heteroatoms. The van der Waals surface area contributed by atoms with Crippen LogP contribution in [0.25, 0.3) is 0 Å². The summed E-state index contributed by atoms with van der Waals surface area (Å²) in [5.41, 5.74) is 0.802. The third-order valence-electron chi connectivity index (χ3n) is 4.86. The van der Waals surface area contributed by atoms with Gasteiger partial charge in [0, 0.05) is 26.2 Å². The average molecular weight is 469 g/mol. The Morgan fingerprint density at radius 1 is 0.667 bits per heavy atom. The molecule has 184 valence electrons. The predicted octanol–water partition coefficient (Wildman–Crippen LogP) is -0.645. The predicted molar refractivity (Wildman–Crippen MR) is 116 cm³/mol. The van der Waals surface area contributed by atoms with Crippen LogP contribution in [0.5, 0.6) is 0 Å². The fourth-order valence-corrected chi connectivity index (χ4v) is 3.49. The van der Waals surface area contributed by atoms with Gasteiger partial charge in [-0.05, 0) is 12.0 Å². The molecule has 1 aromatic carbocycles. The van der Waals surface area contributed by atoms with E-state index in [0.29, 0.717) is 13.0 Å². The molecule has 1 unspecified atom stereocenters. The third kappa shape index (κ3) is 11.9. The van der Waals surface area contributed by atoms with Gasteiger partial charge in [0.2, 0.25) is 0 Å². The van der Waals surface area contributed by atoms with Crippen molar-refractivity contribution >= 4 is 23.9 Å². The molecule has 0 saturated heterocycles. The molecule has 5 N–H and O–H groups in total. The van der Waals surface area contributed by atoms with Crippen LogP contribution in [-0.4, -0.2) is 123 Å². The first-order valence-corrected chi connectivity index (χ1v) is 10.3. The van der Waals surface area contributed by atoms with E-state index in [9.17, 15) is 24.3 Å². The van der Waals surface area contributed by atoms with Gasteiger partial charge in [-0.1, -0.05) is 30.3 Å². The quantitative estimate of drug-likeness (QED) is 0.184. The second-order valence-corrected chi connectivity index (χ2v) is 7.49. The number of carboxylic acid groups (broad SMARTS) is 4. The maximum Gasteiger partial charge on any atom is 0.317 e. The van der Waals surface area contributed by atoms with Crippen molar-refractivity contribution < 1.29 is 44.7 Å². The fraction of sp³-hybridized carbons (Fsp3) is 0.524. The Morgan fingerprint density at radius 2 is 1.12 bits per heavy atom. The lowest BCUT2D eigenvalue weighted by Gasteiger charge is -2.33. The van der Waals surface area contributed by atoms with E-state index in [2.05, 4.69) is 0 Å². The molecule has 0 bridgehead atoms. The molecule has 0 saturated carbocycles. The van der Waals surface area contributed by atoms with Crippen molar-refractivity contribution in [1.29, 1.82) is 0 Å². The van der Waals surface area contributed by atoms with Gasteiger partial charge in [0.25, 0.3) is 0 Å². The number of aliphatic hydroxyl groups is 1. The Morgan fingerprint density at radius 3 is 1.55 bits per heavy atom. The van der Waals surface area contributed by atoms with Gasteiger partial charge in [0.05, 0.1) is 38.8 Å². The average Bonchev–Trinajstić information content (AvgIpc) is 2.71. The molecule has 1 rings (SSSR count). The standard InChI is InChI=1S/C21H31N3O9/c25-15-17(16-5-2-1-3-6-16)24(10-9-23(13-20(30)31)14-21(32)33)8-4-7-22(11-18(26)27)12-19(28)29/h1-3,5-6,17,25H,4,7-15H2,(H,26,27)(H,28,29)(H,30,31)(H,32,33). The van der Waals surface area contributed by atoms with Crippen molar-refractivity contribution in [2.24, 2.45) is 0 Å². The molecule has 33 heavy (non-hydrogen) atoms. The maximum absolute atomic E-state index is 11.1. The highest BCUT2D eigenvalue weighted by Crippen LogP contribution is 2.20. The van der Waals surface area contributed by atoms with Crippen molar-refractivity contribution in [2.75, 3.05) is 59.0 Å². The normalized spacial score (nSPS) is 12.2. The van der Waals surface area contributed by atoms with Crippen LogP contribution in [0.15, 0.2) is 30.3 Å². The van der Waals surface area contributed by atoms with Crippen LogP contribution < -0.4 is 0 Å². The van der Waals surface area contributed by atoms with Crippen molar-refractivity contribution in [2.45, 2.75) is 12.5 Å². The lowest BCUT2D eigenvalue weighted by Crippen LogP contribution is -2.43. The summed E-state index contributed by atoms with van der Waals surface area (Å²) in [5.74, 6) is -4.63. The smallest absolute Gasteiger partial charge is 0.317 e. The zero-order chi connectivity index (χ0) is 24.8. The number of carbonyl (C=O) groups is 4. The van der Waals surface area contributed by atoms with E-state index in [-0.39, 0.29) is 26.2 Å². The number of rotatable bonds is 18. The Kier molecular flexibility index (Phi) is 12.6. The summed E-state index contributed by atoms with van der Waals surface area (Å²) in [6, 6.07) is 8.61. The van der Waals surface area contributed by atoms with Gasteiger partial charge in [-0.15, -0.1) is 0 Å². The first-order chi connectivity index (χ1) is 15.6. The molecule has 1 atom stereocenters. The summed E-state index contributed by atoms with van der Waals surface area (Å²) in [7, 11) is 0. The van der Waals surface area contributed by atoms with Gasteiger partial charge in [-0.2, -0.15) is 0 Å². The van der Waals surface area contributed by atoms with E-state index in [4.69, 9.17) is 20.4 Å². The third-order valence-corrected chi connectivity index (χ3v) is 4.86. The maximum atomic E-state index is 11.1. The molecule has 0 aliphatic carbocycles. The zero-order valence-electron chi connectivity index (χ0n) is 18.2. The minimum atomic E-state index is -1.16. The van der Waals surface area contributed by atoms with Crippen molar-refractivity contribution in [1.82, 2.24) is 14.7 Å². The van der Waals surface area contributed by atoms with E-state index < -0.39 is 56.1 Å². The van der Waals surface area contributed by atoms with Crippen LogP contribution in [0.2, 0.25) is 0 Å². The number of aliphatic hydroxyl groups excluding tert-OH is 1. The number of hydrogen-bond donors (Lipinski definition) is 5. The molecule has 0 radical (unpaired) electrons. The van der Waals surface area contributed by atoms with Crippen molar-refractivity contribution in [3.05, 3.63) is 35.9 Å². The monoisotopic (exact) mass is 469 g/mol. The number of carboxylic acids is 4. The van der Waals surface area contributed by atoms with Gasteiger partial charge < -0.3 is 25.5 Å².